The third-order valence-corrected chi connectivity index (χ3v) is 7.17. The molecule has 0 saturated carbocycles. The Bertz CT molecular complexity index is 1190. The molecule has 2 N–H and O–H groups in total. The quantitative estimate of drug-likeness (QED) is 0.425. The van der Waals surface area contributed by atoms with Crippen LogP contribution < -0.4 is 10.6 Å². The summed E-state index contributed by atoms with van der Waals surface area (Å²) in [7, 11) is 0. The van der Waals surface area contributed by atoms with Gasteiger partial charge in [-0.05, 0) is 81.0 Å². The van der Waals surface area contributed by atoms with Crippen LogP contribution in [0.15, 0.2) is 47.4 Å². The molecule has 1 atom stereocenters. The molecule has 4 rings (SSSR count). The van der Waals surface area contributed by atoms with Crippen LogP contribution in [0.25, 0.3) is 21.3 Å². The molecule has 9 heteroatoms. The van der Waals surface area contributed by atoms with Crippen LogP contribution in [0.2, 0.25) is 0 Å². The maximum atomic E-state index is 12.2. The molecular weight excluding hydrogens is 468 g/mol. The number of alkyl carbamates (subject to hydrolysis) is 1. The fourth-order valence-electron chi connectivity index (χ4n) is 3.81. The number of anilines is 1. The molecule has 0 bridgehead atoms. The molecule has 1 aliphatic rings. The van der Waals surface area contributed by atoms with E-state index in [9.17, 15) is 9.59 Å². The number of piperidine rings is 1. The van der Waals surface area contributed by atoms with Crippen LogP contribution >= 0.6 is 23.3 Å². The van der Waals surface area contributed by atoms with Crippen molar-refractivity contribution in [3.8, 4) is 11.1 Å². The number of ether oxygens (including phenoxy) is 1. The Kier molecular flexibility index (Phi) is 7.45. The minimum atomic E-state index is -0.499. The Hall–Kier alpha value is -2.62. The van der Waals surface area contributed by atoms with Crippen molar-refractivity contribution in [3.05, 3.63) is 42.5 Å². The van der Waals surface area contributed by atoms with Gasteiger partial charge in [-0.15, -0.1) is 0 Å². The number of carbonyl (C=O) groups is 2. The van der Waals surface area contributed by atoms with Crippen LogP contribution in [0.5, 0.6) is 0 Å². The fraction of sp³-hybridized carbons (Fsp3) is 0.400. The summed E-state index contributed by atoms with van der Waals surface area (Å²) in [6.07, 6.45) is 1.61. The van der Waals surface area contributed by atoms with Crippen LogP contribution in [0.1, 0.15) is 40.5 Å². The third kappa shape index (κ3) is 6.71. The molecule has 2 aromatic carbocycles. The Morgan fingerprint density at radius 1 is 1.18 bits per heavy atom. The lowest BCUT2D eigenvalue weighted by Gasteiger charge is -2.32. The van der Waals surface area contributed by atoms with Crippen LogP contribution in [0.4, 0.5) is 9.93 Å². The van der Waals surface area contributed by atoms with Gasteiger partial charge in [0.1, 0.15) is 5.60 Å². The molecule has 0 spiro atoms. The highest BCUT2D eigenvalue weighted by Crippen LogP contribution is 2.33. The van der Waals surface area contributed by atoms with Gasteiger partial charge >= 0.3 is 6.09 Å². The zero-order valence-electron chi connectivity index (χ0n) is 19.9. The van der Waals surface area contributed by atoms with E-state index in [4.69, 9.17) is 4.74 Å². The summed E-state index contributed by atoms with van der Waals surface area (Å²) in [5.74, 6) is -0.120. The number of amides is 2. The summed E-state index contributed by atoms with van der Waals surface area (Å²) in [6, 6.07) is 14.7. The summed E-state index contributed by atoms with van der Waals surface area (Å²) < 4.78 is 8.75. The van der Waals surface area contributed by atoms with Gasteiger partial charge in [0.2, 0.25) is 5.91 Å². The smallest absolute Gasteiger partial charge is 0.407 e. The summed E-state index contributed by atoms with van der Waals surface area (Å²) >= 11 is 3.19. The summed E-state index contributed by atoms with van der Waals surface area (Å²) in [5, 5.41) is 6.39. The van der Waals surface area contributed by atoms with Crippen molar-refractivity contribution in [2.75, 3.05) is 18.4 Å². The number of nitrogens with zero attached hydrogens (tertiary/aromatic N) is 2. The van der Waals surface area contributed by atoms with E-state index in [1.165, 1.54) is 18.3 Å². The van der Waals surface area contributed by atoms with Crippen LogP contribution in [0, 0.1) is 0 Å². The van der Waals surface area contributed by atoms with Gasteiger partial charge in [0, 0.05) is 31.0 Å². The summed E-state index contributed by atoms with van der Waals surface area (Å²) in [5.41, 5.74) is 2.61. The topological polar surface area (TPSA) is 83.6 Å². The van der Waals surface area contributed by atoms with Crippen molar-refractivity contribution in [2.45, 2.75) is 57.1 Å². The highest BCUT2D eigenvalue weighted by molar-refractivity contribution is 7.97. The van der Waals surface area contributed by atoms with E-state index in [1.807, 2.05) is 26.8 Å². The Balaban J connectivity index is 1.42. The molecule has 1 unspecified atom stereocenters. The molecule has 0 radical (unpaired) electrons. The number of hydrogen-bond donors (Lipinski definition) is 2. The summed E-state index contributed by atoms with van der Waals surface area (Å²) in [4.78, 5) is 29.1. The second-order valence-electron chi connectivity index (χ2n) is 9.38. The van der Waals surface area contributed by atoms with E-state index in [-0.39, 0.29) is 18.0 Å². The molecular formula is C25H30N4O3S2. The van der Waals surface area contributed by atoms with E-state index < -0.39 is 5.60 Å². The first-order valence-corrected chi connectivity index (χ1v) is 12.9. The van der Waals surface area contributed by atoms with Gasteiger partial charge in [-0.2, -0.15) is 0 Å². The van der Waals surface area contributed by atoms with Crippen molar-refractivity contribution in [2.24, 2.45) is 0 Å². The molecule has 1 aromatic heterocycles. The van der Waals surface area contributed by atoms with E-state index in [0.29, 0.717) is 5.13 Å². The van der Waals surface area contributed by atoms with E-state index in [2.05, 4.69) is 56.3 Å². The normalized spacial score (nSPS) is 16.9. The number of thiazole rings is 1. The van der Waals surface area contributed by atoms with Crippen molar-refractivity contribution >= 4 is 50.6 Å². The average molecular weight is 499 g/mol. The van der Waals surface area contributed by atoms with E-state index in [1.54, 1.807) is 11.9 Å². The molecule has 180 valence electrons. The molecule has 0 aliphatic carbocycles. The van der Waals surface area contributed by atoms with Crippen molar-refractivity contribution in [3.63, 3.8) is 0 Å². The number of nitrogens with one attached hydrogen (secondary N) is 2. The van der Waals surface area contributed by atoms with Crippen LogP contribution in [0.3, 0.4) is 0 Å². The number of aromatic nitrogens is 1. The Morgan fingerprint density at radius 2 is 1.97 bits per heavy atom. The van der Waals surface area contributed by atoms with Crippen molar-refractivity contribution in [1.29, 1.82) is 0 Å². The van der Waals surface area contributed by atoms with Crippen LogP contribution in [-0.4, -0.2) is 46.0 Å². The molecule has 1 saturated heterocycles. The lowest BCUT2D eigenvalue weighted by atomic mass is 10.1. The standard InChI is InChI=1S/C25H30N4O3S2/c1-16(30)26-23-28-21-11-10-18(14-22(21)33-23)17-7-5-9-20(13-17)34-29-12-6-8-19(15-29)27-24(31)32-25(2,3)4/h5,7,9-11,13-14,19H,6,8,12,15H2,1-4H3,(H,27,31)(H,26,28,30). The lowest BCUT2D eigenvalue weighted by Crippen LogP contribution is -2.47. The van der Waals surface area contributed by atoms with Gasteiger partial charge in [-0.1, -0.05) is 29.5 Å². The monoisotopic (exact) mass is 498 g/mol. The Morgan fingerprint density at radius 3 is 2.74 bits per heavy atom. The lowest BCUT2D eigenvalue weighted by molar-refractivity contribution is -0.114. The minimum Gasteiger partial charge on any atom is -0.444 e. The number of rotatable bonds is 5. The molecule has 2 heterocycles. The minimum absolute atomic E-state index is 0.0748. The van der Waals surface area contributed by atoms with Gasteiger partial charge in [-0.25, -0.2) is 14.1 Å². The zero-order chi connectivity index (χ0) is 24.3. The SMILES string of the molecule is CC(=O)Nc1nc2ccc(-c3cccc(SN4CCCC(NC(=O)OC(C)(C)C)C4)c3)cc2s1. The second-order valence-corrected chi connectivity index (χ2v) is 11.6. The first-order valence-electron chi connectivity index (χ1n) is 11.4. The van der Waals surface area contributed by atoms with E-state index >= 15 is 0 Å². The van der Waals surface area contributed by atoms with Crippen LogP contribution in [-0.2, 0) is 9.53 Å². The predicted molar refractivity (Wildman–Crippen MR) is 139 cm³/mol. The molecule has 34 heavy (non-hydrogen) atoms. The van der Waals surface area contributed by atoms with Gasteiger partial charge < -0.3 is 15.4 Å². The number of benzene rings is 2. The highest BCUT2D eigenvalue weighted by atomic mass is 32.2. The van der Waals surface area contributed by atoms with Gasteiger partial charge in [0.25, 0.3) is 0 Å². The van der Waals surface area contributed by atoms with Gasteiger partial charge in [-0.3, -0.25) is 4.79 Å². The molecule has 1 fully saturated rings. The molecule has 1 aliphatic heterocycles. The zero-order valence-corrected chi connectivity index (χ0v) is 21.5. The highest BCUT2D eigenvalue weighted by Gasteiger charge is 2.24. The number of carbonyl (C=O) groups excluding carboxylic acids is 2. The maximum absolute atomic E-state index is 12.2. The largest absolute Gasteiger partial charge is 0.444 e. The Labute approximate surface area is 208 Å². The first-order chi connectivity index (χ1) is 16.1. The van der Waals surface area contributed by atoms with E-state index in [0.717, 1.165) is 52.2 Å². The van der Waals surface area contributed by atoms with Gasteiger partial charge in [0.15, 0.2) is 5.13 Å². The number of hydrogen-bond acceptors (Lipinski definition) is 7. The summed E-state index contributed by atoms with van der Waals surface area (Å²) in [6.45, 7) is 8.84. The first kappa shape index (κ1) is 24.5. The second kappa shape index (κ2) is 10.3. The van der Waals surface area contributed by atoms with Crippen molar-refractivity contribution < 1.29 is 14.3 Å². The maximum Gasteiger partial charge on any atom is 0.407 e. The molecule has 2 amide bonds. The third-order valence-electron chi connectivity index (χ3n) is 5.18. The fourth-order valence-corrected chi connectivity index (χ4v) is 5.85. The number of fused-ring (bicyclic) bond motifs is 1. The molecule has 3 aromatic rings. The molecule has 7 nitrogen and oxygen atoms in total. The van der Waals surface area contributed by atoms with Crippen molar-refractivity contribution in [1.82, 2.24) is 14.6 Å². The predicted octanol–water partition coefficient (Wildman–Crippen LogP) is 5.92. The van der Waals surface area contributed by atoms with Gasteiger partial charge in [0.05, 0.1) is 10.2 Å². The average Bonchev–Trinajstić information content (AvgIpc) is 3.13.